The van der Waals surface area contributed by atoms with E-state index in [2.05, 4.69) is 15.5 Å². The summed E-state index contributed by atoms with van der Waals surface area (Å²) in [5.74, 6) is 0.773. The van der Waals surface area contributed by atoms with Gasteiger partial charge in [-0.2, -0.15) is 0 Å². The Morgan fingerprint density at radius 2 is 2.13 bits per heavy atom. The van der Waals surface area contributed by atoms with Gasteiger partial charge in [0.05, 0.1) is 0 Å². The summed E-state index contributed by atoms with van der Waals surface area (Å²) < 4.78 is 1.86. The molecule has 2 rings (SSSR count). The second kappa shape index (κ2) is 8.12. The molecule has 7 heteroatoms. The van der Waals surface area contributed by atoms with E-state index >= 15 is 0 Å². The Morgan fingerprint density at radius 1 is 1.39 bits per heavy atom. The van der Waals surface area contributed by atoms with E-state index in [0.717, 1.165) is 22.0 Å². The Balaban J connectivity index is 1.92. The van der Waals surface area contributed by atoms with E-state index < -0.39 is 0 Å². The zero-order valence-corrected chi connectivity index (χ0v) is 14.8. The highest BCUT2D eigenvalue weighted by molar-refractivity contribution is 7.99. The third-order valence-corrected chi connectivity index (χ3v) is 4.59. The normalized spacial score (nSPS) is 12.4. The van der Waals surface area contributed by atoms with E-state index in [1.54, 1.807) is 18.1 Å². The van der Waals surface area contributed by atoms with Crippen LogP contribution in [0.5, 0.6) is 0 Å². The molecule has 1 atom stereocenters. The number of nitrogens with zero attached hydrogens (tertiary/aromatic N) is 4. The lowest BCUT2D eigenvalue weighted by Gasteiger charge is -2.25. The van der Waals surface area contributed by atoms with Crippen molar-refractivity contribution in [1.29, 1.82) is 0 Å². The first kappa shape index (κ1) is 17.5. The van der Waals surface area contributed by atoms with Crippen LogP contribution in [0.4, 0.5) is 0 Å². The minimum absolute atomic E-state index is 0.0165. The lowest BCUT2D eigenvalue weighted by Crippen LogP contribution is -2.38. The van der Waals surface area contributed by atoms with E-state index in [4.69, 9.17) is 0 Å². The maximum absolute atomic E-state index is 12.6. The summed E-state index contributed by atoms with van der Waals surface area (Å²) in [6, 6.07) is 7.71. The molecule has 6 nitrogen and oxygen atoms in total. The van der Waals surface area contributed by atoms with Gasteiger partial charge < -0.3 is 9.88 Å². The third-order valence-electron chi connectivity index (χ3n) is 3.55. The number of carbonyl (C=O) groups excluding carboxylic acids is 1. The fraction of sp³-hybridized carbons (Fsp3) is 0.438. The first-order chi connectivity index (χ1) is 11.0. The number of hydrogen-bond acceptors (Lipinski definition) is 5. The molecule has 1 N–H and O–H groups in total. The van der Waals surface area contributed by atoms with E-state index in [1.165, 1.54) is 0 Å². The van der Waals surface area contributed by atoms with Gasteiger partial charge in [-0.25, -0.2) is 0 Å². The van der Waals surface area contributed by atoms with Crippen LogP contribution in [-0.4, -0.2) is 52.0 Å². The summed E-state index contributed by atoms with van der Waals surface area (Å²) in [7, 11) is 5.75. The van der Waals surface area contributed by atoms with Gasteiger partial charge in [0.1, 0.15) is 12.4 Å². The van der Waals surface area contributed by atoms with Crippen LogP contribution in [0.25, 0.3) is 0 Å². The van der Waals surface area contributed by atoms with Crippen LogP contribution in [0.3, 0.4) is 0 Å². The van der Waals surface area contributed by atoms with Crippen LogP contribution in [0, 0.1) is 6.92 Å². The van der Waals surface area contributed by atoms with Gasteiger partial charge in [0, 0.05) is 19.3 Å². The van der Waals surface area contributed by atoms with Crippen LogP contribution < -0.4 is 5.32 Å². The summed E-state index contributed by atoms with van der Waals surface area (Å²) in [6.45, 7) is 2.62. The molecule has 0 saturated heterocycles. The first-order valence-electron chi connectivity index (χ1n) is 7.47. The molecule has 2 aromatic rings. The Kier molecular flexibility index (Phi) is 6.18. The Bertz CT molecular complexity index is 655. The number of benzene rings is 1. The van der Waals surface area contributed by atoms with Gasteiger partial charge in [0.15, 0.2) is 5.16 Å². The maximum Gasteiger partial charge on any atom is 0.241 e. The molecule has 1 unspecified atom stereocenters. The molecule has 1 amide bonds. The maximum atomic E-state index is 12.6. The van der Waals surface area contributed by atoms with Crippen LogP contribution in [0.2, 0.25) is 0 Å². The summed E-state index contributed by atoms with van der Waals surface area (Å²) in [6.07, 6.45) is 1.67. The highest BCUT2D eigenvalue weighted by Gasteiger charge is 2.23. The molecule has 124 valence electrons. The zero-order valence-electron chi connectivity index (χ0n) is 14.0. The van der Waals surface area contributed by atoms with Gasteiger partial charge in [0.2, 0.25) is 5.91 Å². The van der Waals surface area contributed by atoms with Gasteiger partial charge in [-0.1, -0.05) is 36.0 Å². The van der Waals surface area contributed by atoms with E-state index in [9.17, 15) is 4.79 Å². The van der Waals surface area contributed by atoms with Crippen molar-refractivity contribution in [3.63, 3.8) is 0 Å². The lowest BCUT2D eigenvalue weighted by molar-refractivity contribution is -0.125. The van der Waals surface area contributed by atoms with Crippen molar-refractivity contribution in [3.8, 4) is 0 Å². The highest BCUT2D eigenvalue weighted by Crippen LogP contribution is 2.22. The molecular weight excluding hydrogens is 310 g/mol. The minimum Gasteiger partial charge on any atom is -0.354 e. The second-order valence-corrected chi connectivity index (χ2v) is 6.65. The number of thioether (sulfide) groups is 1. The number of hydrogen-bond donors (Lipinski definition) is 1. The van der Waals surface area contributed by atoms with Crippen molar-refractivity contribution >= 4 is 17.7 Å². The quantitative estimate of drug-likeness (QED) is 0.616. The molecule has 1 aromatic carbocycles. The number of rotatable bonds is 7. The molecule has 0 bridgehead atoms. The number of carbonyl (C=O) groups is 1. The topological polar surface area (TPSA) is 63.1 Å². The summed E-state index contributed by atoms with van der Waals surface area (Å²) >= 11 is 1.58. The van der Waals surface area contributed by atoms with Crippen LogP contribution in [-0.2, 0) is 11.8 Å². The standard InChI is InChI=1S/C16H23N5OS/c1-12-7-5-6-8-13(12)14(20(2)3)15(22)17-9-10-23-16-19-18-11-21(16)4/h5-8,11,14H,9-10H2,1-4H3,(H,17,22). The largest absolute Gasteiger partial charge is 0.354 e. The monoisotopic (exact) mass is 333 g/mol. The molecule has 0 saturated carbocycles. The number of likely N-dealkylation sites (N-methyl/N-ethyl adjacent to an activating group) is 1. The summed E-state index contributed by atoms with van der Waals surface area (Å²) in [4.78, 5) is 14.5. The smallest absolute Gasteiger partial charge is 0.241 e. The molecular formula is C16H23N5OS. The second-order valence-electron chi connectivity index (χ2n) is 5.59. The fourth-order valence-corrected chi connectivity index (χ4v) is 3.11. The van der Waals surface area contributed by atoms with Gasteiger partial charge in [-0.05, 0) is 32.1 Å². The van der Waals surface area contributed by atoms with Crippen LogP contribution >= 0.6 is 11.8 Å². The number of nitrogens with one attached hydrogen (secondary N) is 1. The molecule has 0 spiro atoms. The predicted molar refractivity (Wildman–Crippen MR) is 92.3 cm³/mol. The Labute approximate surface area is 141 Å². The van der Waals surface area contributed by atoms with Gasteiger partial charge >= 0.3 is 0 Å². The average molecular weight is 333 g/mol. The zero-order chi connectivity index (χ0) is 16.8. The predicted octanol–water partition coefficient (Wildman–Crippen LogP) is 1.63. The van der Waals surface area contributed by atoms with Crippen molar-refractivity contribution in [2.75, 3.05) is 26.4 Å². The van der Waals surface area contributed by atoms with Crippen LogP contribution in [0.1, 0.15) is 17.2 Å². The van der Waals surface area contributed by atoms with Gasteiger partial charge in [-0.15, -0.1) is 10.2 Å². The minimum atomic E-state index is -0.281. The van der Waals surface area contributed by atoms with Crippen molar-refractivity contribution < 1.29 is 4.79 Å². The molecule has 0 aliphatic rings. The van der Waals surface area contributed by atoms with Crippen LogP contribution in [0.15, 0.2) is 35.7 Å². The van der Waals surface area contributed by atoms with E-state index in [0.29, 0.717) is 6.54 Å². The van der Waals surface area contributed by atoms with E-state index in [-0.39, 0.29) is 11.9 Å². The SMILES string of the molecule is Cc1ccccc1C(C(=O)NCCSc1nncn1C)N(C)C. The Hall–Kier alpha value is -1.86. The fourth-order valence-electron chi connectivity index (χ4n) is 2.36. The number of amides is 1. The summed E-state index contributed by atoms with van der Waals surface area (Å²) in [5.41, 5.74) is 2.16. The first-order valence-corrected chi connectivity index (χ1v) is 8.45. The third kappa shape index (κ3) is 4.56. The highest BCUT2D eigenvalue weighted by atomic mass is 32.2. The summed E-state index contributed by atoms with van der Waals surface area (Å²) in [5, 5.41) is 11.7. The van der Waals surface area contributed by atoms with Crippen molar-refractivity contribution in [3.05, 3.63) is 41.7 Å². The molecule has 1 heterocycles. The molecule has 0 radical (unpaired) electrons. The molecule has 23 heavy (non-hydrogen) atoms. The molecule has 1 aromatic heterocycles. The van der Waals surface area contributed by atoms with Crippen molar-refractivity contribution in [1.82, 2.24) is 25.0 Å². The Morgan fingerprint density at radius 3 is 2.74 bits per heavy atom. The van der Waals surface area contributed by atoms with Gasteiger partial charge in [0.25, 0.3) is 0 Å². The van der Waals surface area contributed by atoms with Crippen molar-refractivity contribution in [2.24, 2.45) is 7.05 Å². The average Bonchev–Trinajstić information content (AvgIpc) is 2.91. The lowest BCUT2D eigenvalue weighted by atomic mass is 10.00. The van der Waals surface area contributed by atoms with E-state index in [1.807, 2.05) is 61.8 Å². The molecule has 0 aliphatic heterocycles. The number of aryl methyl sites for hydroxylation is 2. The molecule has 0 fully saturated rings. The van der Waals surface area contributed by atoms with Crippen molar-refractivity contribution in [2.45, 2.75) is 18.1 Å². The number of aromatic nitrogens is 3. The molecule has 0 aliphatic carbocycles. The van der Waals surface area contributed by atoms with Gasteiger partial charge in [-0.3, -0.25) is 9.69 Å².